The minimum Gasteiger partial charge on any atom is -0.495 e. The molecule has 1 aromatic carbocycles. The molecule has 0 atom stereocenters. The van der Waals surface area contributed by atoms with Gasteiger partial charge in [0.2, 0.25) is 6.39 Å². The summed E-state index contributed by atoms with van der Waals surface area (Å²) in [5.41, 5.74) is 7.29. The molecule has 0 radical (unpaired) electrons. The van der Waals surface area contributed by atoms with E-state index in [4.69, 9.17) is 10.5 Å². The normalized spacial score (nSPS) is 10.2. The summed E-state index contributed by atoms with van der Waals surface area (Å²) >= 11 is 0. The van der Waals surface area contributed by atoms with Crippen LogP contribution in [0.25, 0.3) is 0 Å². The SMILES string of the molecule is COc1cc(NCCc2ncon2)ccc1N. The molecule has 0 saturated heterocycles. The number of ether oxygens (including phenoxy) is 1. The maximum absolute atomic E-state index is 5.72. The van der Waals surface area contributed by atoms with Crippen LogP contribution in [0.5, 0.6) is 5.75 Å². The Bertz CT molecular complexity index is 470. The molecule has 1 aromatic heterocycles. The van der Waals surface area contributed by atoms with Crippen LogP contribution >= 0.6 is 0 Å². The van der Waals surface area contributed by atoms with Crippen LogP contribution in [-0.4, -0.2) is 23.8 Å². The predicted molar refractivity (Wildman–Crippen MR) is 63.9 cm³/mol. The molecule has 0 aliphatic carbocycles. The van der Waals surface area contributed by atoms with Crippen LogP contribution in [0.15, 0.2) is 29.1 Å². The molecule has 17 heavy (non-hydrogen) atoms. The number of nitrogens with two attached hydrogens (primary N) is 1. The fourth-order valence-electron chi connectivity index (χ4n) is 1.44. The van der Waals surface area contributed by atoms with Gasteiger partial charge in [-0.3, -0.25) is 0 Å². The molecule has 1 heterocycles. The highest BCUT2D eigenvalue weighted by molar-refractivity contribution is 5.61. The Hall–Kier alpha value is -2.24. The van der Waals surface area contributed by atoms with Crippen molar-refractivity contribution in [3.8, 4) is 5.75 Å². The average Bonchev–Trinajstić information content (AvgIpc) is 2.84. The lowest BCUT2D eigenvalue weighted by Crippen LogP contribution is -2.06. The van der Waals surface area contributed by atoms with Crippen molar-refractivity contribution in [1.82, 2.24) is 10.1 Å². The number of methoxy groups -OCH3 is 1. The highest BCUT2D eigenvalue weighted by atomic mass is 16.5. The Morgan fingerprint density at radius 3 is 3.06 bits per heavy atom. The molecule has 90 valence electrons. The van der Waals surface area contributed by atoms with Crippen molar-refractivity contribution in [1.29, 1.82) is 0 Å². The number of aromatic nitrogens is 2. The average molecular weight is 234 g/mol. The molecule has 2 rings (SSSR count). The van der Waals surface area contributed by atoms with Crippen molar-refractivity contribution in [2.75, 3.05) is 24.7 Å². The zero-order valence-corrected chi connectivity index (χ0v) is 9.51. The van der Waals surface area contributed by atoms with E-state index >= 15 is 0 Å². The van der Waals surface area contributed by atoms with Gasteiger partial charge in [0, 0.05) is 24.7 Å². The summed E-state index contributed by atoms with van der Waals surface area (Å²) in [7, 11) is 1.59. The monoisotopic (exact) mass is 234 g/mol. The second-order valence-electron chi connectivity index (χ2n) is 3.48. The molecular weight excluding hydrogens is 220 g/mol. The zero-order valence-electron chi connectivity index (χ0n) is 9.51. The van der Waals surface area contributed by atoms with Crippen LogP contribution in [0, 0.1) is 0 Å². The lowest BCUT2D eigenvalue weighted by atomic mass is 10.2. The van der Waals surface area contributed by atoms with E-state index in [1.54, 1.807) is 13.2 Å². The van der Waals surface area contributed by atoms with E-state index in [0.717, 1.165) is 5.69 Å². The van der Waals surface area contributed by atoms with E-state index < -0.39 is 0 Å². The van der Waals surface area contributed by atoms with Gasteiger partial charge in [0.05, 0.1) is 12.8 Å². The number of nitrogens with one attached hydrogen (secondary N) is 1. The third-order valence-electron chi connectivity index (χ3n) is 2.32. The summed E-state index contributed by atoms with van der Waals surface area (Å²) in [6.45, 7) is 0.715. The van der Waals surface area contributed by atoms with E-state index in [0.29, 0.717) is 30.2 Å². The van der Waals surface area contributed by atoms with Gasteiger partial charge in [-0.15, -0.1) is 0 Å². The molecule has 0 bridgehead atoms. The van der Waals surface area contributed by atoms with Crippen LogP contribution < -0.4 is 15.8 Å². The standard InChI is InChI=1S/C11H14N4O2/c1-16-10-6-8(2-3-9(10)12)13-5-4-11-14-7-17-15-11/h2-3,6-7,13H,4-5,12H2,1H3. The first kappa shape index (κ1) is 11.3. The molecule has 6 heteroatoms. The van der Waals surface area contributed by atoms with Gasteiger partial charge in [-0.05, 0) is 12.1 Å². The lowest BCUT2D eigenvalue weighted by Gasteiger charge is -2.08. The van der Waals surface area contributed by atoms with Crippen molar-refractivity contribution in [2.24, 2.45) is 0 Å². The first-order valence-electron chi connectivity index (χ1n) is 5.22. The van der Waals surface area contributed by atoms with Gasteiger partial charge in [0.15, 0.2) is 5.82 Å². The van der Waals surface area contributed by atoms with Crippen LogP contribution in [0.3, 0.4) is 0 Å². The molecule has 0 spiro atoms. The largest absolute Gasteiger partial charge is 0.495 e. The number of anilines is 2. The first-order valence-corrected chi connectivity index (χ1v) is 5.22. The molecule has 2 aromatic rings. The topological polar surface area (TPSA) is 86.2 Å². The molecule has 0 unspecified atom stereocenters. The van der Waals surface area contributed by atoms with Crippen LogP contribution in [0.2, 0.25) is 0 Å². The fourth-order valence-corrected chi connectivity index (χ4v) is 1.44. The Labute approximate surface area is 98.8 Å². The third-order valence-corrected chi connectivity index (χ3v) is 2.32. The number of rotatable bonds is 5. The summed E-state index contributed by atoms with van der Waals surface area (Å²) < 4.78 is 9.78. The van der Waals surface area contributed by atoms with Gasteiger partial charge in [-0.2, -0.15) is 4.98 Å². The highest BCUT2D eigenvalue weighted by Gasteiger charge is 2.01. The fraction of sp³-hybridized carbons (Fsp3) is 0.273. The lowest BCUT2D eigenvalue weighted by molar-refractivity contribution is 0.410. The number of nitrogens with zero attached hydrogens (tertiary/aromatic N) is 2. The number of hydrogen-bond donors (Lipinski definition) is 2. The Kier molecular flexibility index (Phi) is 3.44. The van der Waals surface area contributed by atoms with Gasteiger partial charge >= 0.3 is 0 Å². The zero-order chi connectivity index (χ0) is 12.1. The minimum absolute atomic E-state index is 0.621. The maximum Gasteiger partial charge on any atom is 0.213 e. The summed E-state index contributed by atoms with van der Waals surface area (Å²) in [5, 5.41) is 6.95. The predicted octanol–water partition coefficient (Wildman–Crippen LogP) is 1.31. The van der Waals surface area contributed by atoms with Crippen molar-refractivity contribution in [3.05, 3.63) is 30.4 Å². The molecule has 0 aliphatic heterocycles. The Morgan fingerprint density at radius 1 is 1.47 bits per heavy atom. The second-order valence-corrected chi connectivity index (χ2v) is 3.48. The van der Waals surface area contributed by atoms with Crippen LogP contribution in [-0.2, 0) is 6.42 Å². The van der Waals surface area contributed by atoms with Gasteiger partial charge in [0.1, 0.15) is 5.75 Å². The van der Waals surface area contributed by atoms with Gasteiger partial charge < -0.3 is 20.3 Å². The Morgan fingerprint density at radius 2 is 2.35 bits per heavy atom. The molecule has 3 N–H and O–H groups in total. The molecule has 0 aliphatic rings. The number of nitrogen functional groups attached to an aromatic ring is 1. The molecule has 6 nitrogen and oxygen atoms in total. The summed E-state index contributed by atoms with van der Waals surface area (Å²) in [5.74, 6) is 1.34. The van der Waals surface area contributed by atoms with E-state index in [1.807, 2.05) is 12.1 Å². The van der Waals surface area contributed by atoms with Crippen LogP contribution in [0.4, 0.5) is 11.4 Å². The highest BCUT2D eigenvalue weighted by Crippen LogP contribution is 2.24. The van der Waals surface area contributed by atoms with Gasteiger partial charge in [-0.1, -0.05) is 5.16 Å². The quantitative estimate of drug-likeness (QED) is 0.759. The summed E-state index contributed by atoms with van der Waals surface area (Å²) in [4.78, 5) is 3.93. The van der Waals surface area contributed by atoms with E-state index in [1.165, 1.54) is 6.39 Å². The minimum atomic E-state index is 0.621. The van der Waals surface area contributed by atoms with E-state index in [-0.39, 0.29) is 0 Å². The third kappa shape index (κ3) is 2.87. The van der Waals surface area contributed by atoms with Crippen molar-refractivity contribution >= 4 is 11.4 Å². The maximum atomic E-state index is 5.72. The second kappa shape index (κ2) is 5.20. The molecule has 0 amide bonds. The van der Waals surface area contributed by atoms with Gasteiger partial charge in [-0.25, -0.2) is 0 Å². The number of hydrogen-bond acceptors (Lipinski definition) is 6. The Balaban J connectivity index is 1.90. The van der Waals surface area contributed by atoms with Gasteiger partial charge in [0.25, 0.3) is 0 Å². The van der Waals surface area contributed by atoms with E-state index in [9.17, 15) is 0 Å². The molecule has 0 saturated carbocycles. The number of benzene rings is 1. The summed E-state index contributed by atoms with van der Waals surface area (Å²) in [6.07, 6.45) is 2.02. The van der Waals surface area contributed by atoms with E-state index in [2.05, 4.69) is 20.0 Å². The molecule has 0 fully saturated rings. The van der Waals surface area contributed by atoms with Crippen molar-refractivity contribution < 1.29 is 9.26 Å². The van der Waals surface area contributed by atoms with Crippen molar-refractivity contribution in [2.45, 2.75) is 6.42 Å². The first-order chi connectivity index (χ1) is 8.29. The smallest absolute Gasteiger partial charge is 0.213 e. The summed E-state index contributed by atoms with van der Waals surface area (Å²) in [6, 6.07) is 5.55. The van der Waals surface area contributed by atoms with Crippen LogP contribution in [0.1, 0.15) is 5.82 Å². The molecular formula is C11H14N4O2. The van der Waals surface area contributed by atoms with Crippen molar-refractivity contribution in [3.63, 3.8) is 0 Å².